The van der Waals surface area contributed by atoms with Crippen molar-refractivity contribution in [3.8, 4) is 0 Å². The lowest BCUT2D eigenvalue weighted by Crippen LogP contribution is -2.63. The Bertz CT molecular complexity index is 1200. The quantitative estimate of drug-likeness (QED) is 0.732. The molecule has 0 saturated carbocycles. The van der Waals surface area contributed by atoms with Gasteiger partial charge in [0, 0.05) is 18.0 Å². The van der Waals surface area contributed by atoms with Gasteiger partial charge in [0.05, 0.1) is 22.5 Å². The summed E-state index contributed by atoms with van der Waals surface area (Å²) < 4.78 is 0. The third-order valence-electron chi connectivity index (χ3n) is 5.97. The average Bonchev–Trinajstić information content (AvgIpc) is 3.07. The fourth-order valence-corrected chi connectivity index (χ4v) is 4.49. The Kier molecular flexibility index (Phi) is 4.06. The first-order valence-corrected chi connectivity index (χ1v) is 9.87. The van der Waals surface area contributed by atoms with Crippen molar-refractivity contribution in [2.24, 2.45) is 0 Å². The Balaban J connectivity index is 1.47. The number of benzene rings is 2. The van der Waals surface area contributed by atoms with Crippen LogP contribution in [0, 0.1) is 0 Å². The van der Waals surface area contributed by atoms with Crippen LogP contribution in [-0.2, 0) is 9.59 Å². The number of fused-ring (bicyclic) bond motifs is 4. The number of amides is 3. The van der Waals surface area contributed by atoms with Crippen molar-refractivity contribution < 1.29 is 14.4 Å². The van der Waals surface area contributed by atoms with Gasteiger partial charge in [-0.15, -0.1) is 0 Å². The molecule has 1 atom stereocenters. The van der Waals surface area contributed by atoms with Crippen LogP contribution in [0.5, 0.6) is 0 Å². The van der Waals surface area contributed by atoms with Gasteiger partial charge in [0.2, 0.25) is 11.8 Å². The third-order valence-corrected chi connectivity index (χ3v) is 5.97. The minimum Gasteiger partial charge on any atom is -0.324 e. The molecule has 0 bridgehead atoms. The zero-order valence-corrected chi connectivity index (χ0v) is 16.5. The van der Waals surface area contributed by atoms with E-state index in [1.54, 1.807) is 29.3 Å². The second-order valence-corrected chi connectivity index (χ2v) is 7.78. The molecule has 0 radical (unpaired) electrons. The molecule has 0 spiro atoms. The smallest absolute Gasteiger partial charge is 0.258 e. The standard InChI is InChI=1S/C23H20N4O3/c1-23-12-11-21(29)27(23)19-10-3-2-6-16(19)22(30)26(23)14-20(28)25-18-9-4-8-17-15(18)7-5-13-24-17/h2-10,13H,11-12,14H2,1H3,(H,25,28). The maximum Gasteiger partial charge on any atom is 0.258 e. The van der Waals surface area contributed by atoms with Gasteiger partial charge in [-0.3, -0.25) is 24.3 Å². The minimum absolute atomic E-state index is 0.0389. The topological polar surface area (TPSA) is 82.6 Å². The van der Waals surface area contributed by atoms with E-state index in [-0.39, 0.29) is 24.3 Å². The van der Waals surface area contributed by atoms with Gasteiger partial charge in [0.1, 0.15) is 12.2 Å². The summed E-state index contributed by atoms with van der Waals surface area (Å²) in [6.07, 6.45) is 2.52. The van der Waals surface area contributed by atoms with Gasteiger partial charge in [-0.05, 0) is 49.7 Å². The van der Waals surface area contributed by atoms with E-state index < -0.39 is 5.66 Å². The molecule has 5 rings (SSSR count). The molecule has 2 aromatic carbocycles. The van der Waals surface area contributed by atoms with E-state index in [4.69, 9.17) is 0 Å². The molecular weight excluding hydrogens is 380 g/mol. The summed E-state index contributed by atoms with van der Waals surface area (Å²) in [6, 6.07) is 16.3. The highest BCUT2D eigenvalue weighted by Crippen LogP contribution is 2.43. The van der Waals surface area contributed by atoms with Crippen LogP contribution < -0.4 is 10.2 Å². The van der Waals surface area contributed by atoms with E-state index in [9.17, 15) is 14.4 Å². The number of nitrogens with zero attached hydrogens (tertiary/aromatic N) is 3. The Morgan fingerprint density at radius 3 is 2.80 bits per heavy atom. The monoisotopic (exact) mass is 400 g/mol. The first kappa shape index (κ1) is 18.3. The third kappa shape index (κ3) is 2.66. The van der Waals surface area contributed by atoms with Crippen molar-refractivity contribution >= 4 is 40.0 Å². The Morgan fingerprint density at radius 2 is 1.93 bits per heavy atom. The summed E-state index contributed by atoms with van der Waals surface area (Å²) >= 11 is 0. The highest BCUT2D eigenvalue weighted by atomic mass is 16.2. The van der Waals surface area contributed by atoms with Crippen LogP contribution in [0.25, 0.3) is 10.9 Å². The van der Waals surface area contributed by atoms with Crippen molar-refractivity contribution in [3.63, 3.8) is 0 Å². The van der Waals surface area contributed by atoms with E-state index in [2.05, 4.69) is 10.3 Å². The van der Waals surface area contributed by atoms with Crippen molar-refractivity contribution in [1.29, 1.82) is 0 Å². The predicted octanol–water partition coefficient (Wildman–Crippen LogP) is 3.17. The first-order chi connectivity index (χ1) is 14.5. The van der Waals surface area contributed by atoms with E-state index in [0.29, 0.717) is 29.8 Å². The molecule has 2 aliphatic heterocycles. The summed E-state index contributed by atoms with van der Waals surface area (Å²) in [5.74, 6) is -0.601. The molecule has 7 heteroatoms. The van der Waals surface area contributed by atoms with Crippen LogP contribution in [0.1, 0.15) is 30.1 Å². The normalized spacial score (nSPS) is 20.3. The number of aromatic nitrogens is 1. The van der Waals surface area contributed by atoms with Gasteiger partial charge in [-0.2, -0.15) is 0 Å². The Morgan fingerprint density at radius 1 is 1.10 bits per heavy atom. The first-order valence-electron chi connectivity index (χ1n) is 9.87. The number of anilines is 2. The largest absolute Gasteiger partial charge is 0.324 e. The zero-order chi connectivity index (χ0) is 20.9. The molecule has 3 amide bonds. The number of hydrogen-bond donors (Lipinski definition) is 1. The summed E-state index contributed by atoms with van der Waals surface area (Å²) in [4.78, 5) is 46.4. The van der Waals surface area contributed by atoms with Gasteiger partial charge in [-0.25, -0.2) is 0 Å². The molecule has 30 heavy (non-hydrogen) atoms. The molecule has 1 N–H and O–H groups in total. The Hall–Kier alpha value is -3.74. The molecule has 3 heterocycles. The summed E-state index contributed by atoms with van der Waals surface area (Å²) in [6.45, 7) is 1.70. The van der Waals surface area contributed by atoms with E-state index in [1.807, 2.05) is 43.3 Å². The van der Waals surface area contributed by atoms with E-state index >= 15 is 0 Å². The van der Waals surface area contributed by atoms with Crippen molar-refractivity contribution in [2.45, 2.75) is 25.4 Å². The fourth-order valence-electron chi connectivity index (χ4n) is 4.49. The number of hydrogen-bond acceptors (Lipinski definition) is 4. The number of pyridine rings is 1. The molecule has 1 saturated heterocycles. The van der Waals surface area contributed by atoms with E-state index in [0.717, 1.165) is 10.9 Å². The van der Waals surface area contributed by atoms with Crippen LogP contribution in [0.3, 0.4) is 0 Å². The summed E-state index contributed by atoms with van der Waals surface area (Å²) in [7, 11) is 0. The lowest BCUT2D eigenvalue weighted by atomic mass is 9.98. The molecule has 7 nitrogen and oxygen atoms in total. The molecular formula is C23H20N4O3. The molecule has 0 aliphatic carbocycles. The van der Waals surface area contributed by atoms with Gasteiger partial charge in [0.25, 0.3) is 5.91 Å². The van der Waals surface area contributed by atoms with Crippen LogP contribution >= 0.6 is 0 Å². The number of para-hydroxylation sites is 1. The lowest BCUT2D eigenvalue weighted by Gasteiger charge is -2.48. The number of rotatable bonds is 3. The SMILES string of the molecule is CC12CCC(=O)N1c1ccccc1C(=O)N2CC(=O)Nc1cccc2ncccc12. The number of carbonyl (C=O) groups is 3. The second-order valence-electron chi connectivity index (χ2n) is 7.78. The van der Waals surface area contributed by atoms with Gasteiger partial charge in [-0.1, -0.05) is 18.2 Å². The van der Waals surface area contributed by atoms with Gasteiger partial charge < -0.3 is 10.2 Å². The summed E-state index contributed by atoms with van der Waals surface area (Å²) in [5, 5.41) is 3.74. The van der Waals surface area contributed by atoms with Crippen molar-refractivity contribution in [3.05, 3.63) is 66.4 Å². The van der Waals surface area contributed by atoms with E-state index in [1.165, 1.54) is 4.90 Å². The number of nitrogens with one attached hydrogen (secondary N) is 1. The molecule has 1 fully saturated rings. The van der Waals surface area contributed by atoms with Crippen LogP contribution in [-0.4, -0.2) is 39.8 Å². The van der Waals surface area contributed by atoms with Gasteiger partial charge in [0.15, 0.2) is 0 Å². The number of carbonyl (C=O) groups excluding carboxylic acids is 3. The molecule has 3 aromatic rings. The summed E-state index contributed by atoms with van der Waals surface area (Å²) in [5.41, 5.74) is 1.61. The minimum atomic E-state index is -0.861. The van der Waals surface area contributed by atoms with Crippen LogP contribution in [0.4, 0.5) is 11.4 Å². The Labute approximate surface area is 173 Å². The molecule has 1 aromatic heterocycles. The van der Waals surface area contributed by atoms with Crippen molar-refractivity contribution in [2.75, 3.05) is 16.8 Å². The maximum absolute atomic E-state index is 13.3. The molecule has 1 unspecified atom stereocenters. The fraction of sp³-hybridized carbons (Fsp3) is 0.217. The molecule has 2 aliphatic rings. The second kappa shape index (κ2) is 6.66. The maximum atomic E-state index is 13.3. The van der Waals surface area contributed by atoms with Crippen molar-refractivity contribution in [1.82, 2.24) is 9.88 Å². The highest BCUT2D eigenvalue weighted by molar-refractivity contribution is 6.12. The van der Waals surface area contributed by atoms with Crippen LogP contribution in [0.2, 0.25) is 0 Å². The predicted molar refractivity (Wildman–Crippen MR) is 113 cm³/mol. The zero-order valence-electron chi connectivity index (χ0n) is 16.5. The average molecular weight is 400 g/mol. The van der Waals surface area contributed by atoms with Gasteiger partial charge >= 0.3 is 0 Å². The lowest BCUT2D eigenvalue weighted by molar-refractivity contribution is -0.120. The van der Waals surface area contributed by atoms with Crippen LogP contribution in [0.15, 0.2) is 60.8 Å². The molecule has 150 valence electrons. The highest BCUT2D eigenvalue weighted by Gasteiger charge is 2.53.